The summed E-state index contributed by atoms with van der Waals surface area (Å²) >= 11 is 13.1. The van der Waals surface area contributed by atoms with Crippen molar-refractivity contribution < 1.29 is 19.1 Å². The van der Waals surface area contributed by atoms with Crippen LogP contribution in [-0.4, -0.2) is 51.6 Å². The van der Waals surface area contributed by atoms with E-state index < -0.39 is 11.6 Å². The van der Waals surface area contributed by atoms with Gasteiger partial charge in [-0.05, 0) is 57.9 Å². The zero-order chi connectivity index (χ0) is 29.9. The van der Waals surface area contributed by atoms with Gasteiger partial charge in [0.15, 0.2) is 5.82 Å². The van der Waals surface area contributed by atoms with Gasteiger partial charge in [-0.3, -0.25) is 5.32 Å². The molecule has 5 rings (SSSR count). The van der Waals surface area contributed by atoms with Gasteiger partial charge in [-0.15, -0.1) is 0 Å². The lowest BCUT2D eigenvalue weighted by atomic mass is 10.1. The maximum absolute atomic E-state index is 13.2. The molecule has 1 aromatic heterocycles. The first kappa shape index (κ1) is 29.7. The average Bonchev–Trinajstić information content (AvgIpc) is 3.28. The van der Waals surface area contributed by atoms with E-state index in [1.165, 1.54) is 0 Å². The van der Waals surface area contributed by atoms with Gasteiger partial charge in [0.25, 0.3) is 0 Å². The number of amides is 3. The number of hydrogen-bond donors (Lipinski definition) is 2. The van der Waals surface area contributed by atoms with Gasteiger partial charge in [0.1, 0.15) is 16.3 Å². The molecular weight excluding hydrogens is 577 g/mol. The van der Waals surface area contributed by atoms with E-state index in [2.05, 4.69) is 15.7 Å². The number of para-hydroxylation sites is 1. The maximum Gasteiger partial charge on any atom is 0.410 e. The van der Waals surface area contributed by atoms with Crippen LogP contribution in [0.3, 0.4) is 0 Å². The van der Waals surface area contributed by atoms with Gasteiger partial charge >= 0.3 is 12.1 Å². The molecule has 0 aliphatic carbocycles. The van der Waals surface area contributed by atoms with Crippen LogP contribution < -0.4 is 10.6 Å². The number of likely N-dealkylation sites (tertiary alicyclic amines) is 1. The Balaban J connectivity index is 1.29. The van der Waals surface area contributed by atoms with Crippen LogP contribution in [0.2, 0.25) is 10.0 Å². The number of carbonyl (C=O) groups is 2. The number of carbonyl (C=O) groups excluding carboxylic acids is 2. The lowest BCUT2D eigenvalue weighted by molar-refractivity contribution is -0.0178. The predicted molar refractivity (Wildman–Crippen MR) is 166 cm³/mol. The summed E-state index contributed by atoms with van der Waals surface area (Å²) in [6.45, 7) is 6.78. The summed E-state index contributed by atoms with van der Waals surface area (Å²) in [5, 5.41) is 13.0. The van der Waals surface area contributed by atoms with Crippen molar-refractivity contribution >= 4 is 57.6 Å². The van der Waals surface area contributed by atoms with Crippen molar-refractivity contribution in [2.45, 2.75) is 51.9 Å². The van der Waals surface area contributed by atoms with Gasteiger partial charge in [-0.25, -0.2) is 14.3 Å². The fourth-order valence-electron chi connectivity index (χ4n) is 4.76. The number of aromatic nitrogens is 2. The summed E-state index contributed by atoms with van der Waals surface area (Å²) in [7, 11) is 0. The molecule has 1 aliphatic rings. The van der Waals surface area contributed by atoms with Crippen molar-refractivity contribution in [3.63, 3.8) is 0 Å². The molecule has 0 spiro atoms. The van der Waals surface area contributed by atoms with Gasteiger partial charge in [-0.2, -0.15) is 5.10 Å². The number of hydrogen-bond acceptors (Lipinski definition) is 5. The number of fused-ring (bicyclic) bond motifs is 1. The lowest BCUT2D eigenvalue weighted by Gasteiger charge is -2.33. The molecule has 11 heteroatoms. The zero-order valence-electron chi connectivity index (χ0n) is 23.7. The summed E-state index contributed by atoms with van der Waals surface area (Å²) in [5.74, 6) is 0.317. The van der Waals surface area contributed by atoms with Crippen LogP contribution in [-0.2, 0) is 16.1 Å². The molecule has 3 aromatic carbocycles. The second-order valence-electron chi connectivity index (χ2n) is 11.1. The molecule has 2 N–H and O–H groups in total. The largest absolute Gasteiger partial charge is 0.444 e. The highest BCUT2D eigenvalue weighted by Crippen LogP contribution is 2.32. The fourth-order valence-corrected chi connectivity index (χ4v) is 5.21. The Bertz CT molecular complexity index is 1580. The van der Waals surface area contributed by atoms with E-state index in [1.807, 2.05) is 75.4 Å². The number of benzene rings is 3. The van der Waals surface area contributed by atoms with Crippen LogP contribution in [0.5, 0.6) is 0 Å². The predicted octanol–water partition coefficient (Wildman–Crippen LogP) is 7.89. The van der Waals surface area contributed by atoms with Crippen LogP contribution in [0.25, 0.3) is 16.5 Å². The Kier molecular flexibility index (Phi) is 8.91. The van der Waals surface area contributed by atoms with E-state index >= 15 is 0 Å². The SMILES string of the molecule is CC(C)(C)OC(=O)N1CCC(OCc2nn(-c3ccccc3)c(NC(=O)Nc3ccc(Cl)c4ccccc34)c2Cl)CC1. The molecule has 9 nitrogen and oxygen atoms in total. The normalized spacial score (nSPS) is 14.2. The van der Waals surface area contributed by atoms with E-state index in [9.17, 15) is 9.59 Å². The molecule has 0 unspecified atom stereocenters. The number of piperidine rings is 1. The Morgan fingerprint density at radius 2 is 1.60 bits per heavy atom. The Morgan fingerprint density at radius 1 is 0.929 bits per heavy atom. The zero-order valence-corrected chi connectivity index (χ0v) is 25.2. The molecule has 1 saturated heterocycles. The summed E-state index contributed by atoms with van der Waals surface area (Å²) in [6.07, 6.45) is 0.947. The number of anilines is 2. The van der Waals surface area contributed by atoms with Crippen LogP contribution in [0.1, 0.15) is 39.3 Å². The monoisotopic (exact) mass is 609 g/mol. The van der Waals surface area contributed by atoms with Gasteiger partial charge in [0, 0.05) is 28.9 Å². The third-order valence-corrected chi connectivity index (χ3v) is 7.52. The lowest BCUT2D eigenvalue weighted by Crippen LogP contribution is -2.43. The van der Waals surface area contributed by atoms with Gasteiger partial charge in [0.2, 0.25) is 0 Å². The van der Waals surface area contributed by atoms with Crippen LogP contribution in [0.4, 0.5) is 21.1 Å². The summed E-state index contributed by atoms with van der Waals surface area (Å²) in [6, 6.07) is 20.0. The van der Waals surface area contributed by atoms with Gasteiger partial charge in [-0.1, -0.05) is 65.7 Å². The molecule has 4 aromatic rings. The molecule has 3 amide bonds. The van der Waals surface area contributed by atoms with E-state index in [1.54, 1.807) is 21.7 Å². The highest BCUT2D eigenvalue weighted by atomic mass is 35.5. The Labute approximate surface area is 254 Å². The van der Waals surface area contributed by atoms with E-state index in [-0.39, 0.29) is 23.8 Å². The number of rotatable bonds is 6. The topological polar surface area (TPSA) is 97.7 Å². The maximum atomic E-state index is 13.2. The number of nitrogens with zero attached hydrogens (tertiary/aromatic N) is 3. The fraction of sp³-hybridized carbons (Fsp3) is 0.323. The highest BCUT2D eigenvalue weighted by molar-refractivity contribution is 6.36. The Hall–Kier alpha value is -3.79. The first-order valence-corrected chi connectivity index (χ1v) is 14.5. The van der Waals surface area contributed by atoms with Crippen molar-refractivity contribution in [1.29, 1.82) is 0 Å². The third-order valence-electron chi connectivity index (χ3n) is 6.79. The molecule has 0 atom stereocenters. The molecule has 42 heavy (non-hydrogen) atoms. The van der Waals surface area contributed by atoms with Crippen molar-refractivity contribution in [2.24, 2.45) is 0 Å². The molecule has 1 aliphatic heterocycles. The minimum absolute atomic E-state index is 0.0699. The molecular formula is C31H33Cl2N5O4. The second-order valence-corrected chi connectivity index (χ2v) is 11.8. The van der Waals surface area contributed by atoms with Crippen molar-refractivity contribution in [1.82, 2.24) is 14.7 Å². The van der Waals surface area contributed by atoms with Crippen molar-refractivity contribution in [2.75, 3.05) is 23.7 Å². The summed E-state index contributed by atoms with van der Waals surface area (Å²) in [4.78, 5) is 27.3. The quantitative estimate of drug-likeness (QED) is 0.231. The Morgan fingerprint density at radius 3 is 2.29 bits per heavy atom. The molecule has 0 radical (unpaired) electrons. The van der Waals surface area contributed by atoms with Crippen LogP contribution in [0.15, 0.2) is 66.7 Å². The average molecular weight is 611 g/mol. The van der Waals surface area contributed by atoms with Crippen LogP contribution in [0, 0.1) is 0 Å². The van der Waals surface area contributed by atoms with Gasteiger partial charge < -0.3 is 19.7 Å². The summed E-state index contributed by atoms with van der Waals surface area (Å²) in [5.41, 5.74) is 1.28. The first-order valence-electron chi connectivity index (χ1n) is 13.8. The molecule has 220 valence electrons. The van der Waals surface area contributed by atoms with Crippen molar-refractivity contribution in [3.05, 3.63) is 82.5 Å². The molecule has 0 saturated carbocycles. The molecule has 1 fully saturated rings. The van der Waals surface area contributed by atoms with E-state index in [4.69, 9.17) is 32.7 Å². The highest BCUT2D eigenvalue weighted by Gasteiger charge is 2.28. The van der Waals surface area contributed by atoms with Crippen LogP contribution >= 0.6 is 23.2 Å². The number of halogens is 2. The molecule has 2 heterocycles. The van der Waals surface area contributed by atoms with E-state index in [0.717, 1.165) is 16.5 Å². The second kappa shape index (κ2) is 12.6. The van der Waals surface area contributed by atoms with Gasteiger partial charge in [0.05, 0.1) is 24.1 Å². The minimum Gasteiger partial charge on any atom is -0.444 e. The smallest absolute Gasteiger partial charge is 0.410 e. The third kappa shape index (κ3) is 6.98. The summed E-state index contributed by atoms with van der Waals surface area (Å²) < 4.78 is 13.2. The number of ether oxygens (including phenoxy) is 2. The minimum atomic E-state index is -0.538. The standard InChI is InChI=1S/C31H33Cl2N5O4/c1-31(2,3)42-30(40)37-17-15-21(16-18-37)41-19-26-27(33)28(38(36-26)20-9-5-4-6-10-20)35-29(39)34-25-14-13-24(32)22-11-7-8-12-23(22)25/h4-14,21H,15-19H2,1-3H3,(H2,34,35,39). The van der Waals surface area contributed by atoms with E-state index in [0.29, 0.717) is 48.2 Å². The first-order chi connectivity index (χ1) is 20.1. The van der Waals surface area contributed by atoms with Crippen molar-refractivity contribution in [3.8, 4) is 5.69 Å². The number of urea groups is 1. The number of nitrogens with one attached hydrogen (secondary N) is 2. The molecule has 0 bridgehead atoms.